The summed E-state index contributed by atoms with van der Waals surface area (Å²) in [7, 11) is 0. The van der Waals surface area contributed by atoms with Crippen molar-refractivity contribution in [1.29, 1.82) is 0 Å². The summed E-state index contributed by atoms with van der Waals surface area (Å²) in [4.78, 5) is 10.3. The first-order chi connectivity index (χ1) is 11.3. The summed E-state index contributed by atoms with van der Waals surface area (Å²) in [6.07, 6.45) is 26.1. The van der Waals surface area contributed by atoms with Gasteiger partial charge in [-0.2, -0.15) is 0 Å². The Labute approximate surface area is 141 Å². The molecular weight excluding hydrogens is 288 g/mol. The molecule has 0 heterocycles. The molecule has 130 valence electrons. The van der Waals surface area contributed by atoms with Gasteiger partial charge in [0.25, 0.3) is 0 Å². The Kier molecular flexibility index (Phi) is 17.1. The molecule has 0 aromatic rings. The summed E-state index contributed by atoms with van der Waals surface area (Å²) in [6.45, 7) is 0.303. The second-order valence-electron chi connectivity index (χ2n) is 5.47. The molecule has 0 spiro atoms. The van der Waals surface area contributed by atoms with Gasteiger partial charge >= 0.3 is 5.97 Å². The Hall–Kier alpha value is -1.61. The Bertz CT molecular complexity index is 378. The highest BCUT2D eigenvalue weighted by Crippen LogP contribution is 2.01. The van der Waals surface area contributed by atoms with Crippen LogP contribution in [0.2, 0.25) is 0 Å². The van der Waals surface area contributed by atoms with Gasteiger partial charge in [0.05, 0.1) is 0 Å². The molecular formula is C20H32O3. The van der Waals surface area contributed by atoms with Gasteiger partial charge in [0.2, 0.25) is 0 Å². The maximum absolute atomic E-state index is 10.3. The standard InChI is InChI=1S/C20H32O3/c21-19-17-15-13-11-9-7-5-3-1-2-4-6-8-10-12-14-16-18-20(22)23/h3-7,9-10,12,21H,1-2,8,11,13-19H2,(H,22,23)/b5-3+,6-4-,9-7-,12-10-. The fourth-order valence-electron chi connectivity index (χ4n) is 1.97. The predicted molar refractivity (Wildman–Crippen MR) is 97.5 cm³/mol. The van der Waals surface area contributed by atoms with Gasteiger partial charge in [-0.1, -0.05) is 55.0 Å². The molecule has 0 radical (unpaired) electrons. The zero-order chi connectivity index (χ0) is 17.0. The molecule has 0 saturated heterocycles. The highest BCUT2D eigenvalue weighted by molar-refractivity contribution is 5.66. The van der Waals surface area contributed by atoms with Crippen LogP contribution in [-0.2, 0) is 4.79 Å². The minimum absolute atomic E-state index is 0.254. The zero-order valence-electron chi connectivity index (χ0n) is 14.2. The lowest BCUT2D eigenvalue weighted by atomic mass is 10.2. The molecule has 0 fully saturated rings. The van der Waals surface area contributed by atoms with Crippen molar-refractivity contribution in [3.63, 3.8) is 0 Å². The Balaban J connectivity index is 3.39. The van der Waals surface area contributed by atoms with E-state index in [2.05, 4.69) is 48.6 Å². The van der Waals surface area contributed by atoms with E-state index in [1.807, 2.05) is 0 Å². The Morgan fingerprint density at radius 3 is 2.00 bits per heavy atom. The number of carboxylic acid groups (broad SMARTS) is 1. The maximum atomic E-state index is 10.3. The van der Waals surface area contributed by atoms with Gasteiger partial charge in [-0.25, -0.2) is 0 Å². The third-order valence-corrected chi connectivity index (χ3v) is 3.28. The third kappa shape index (κ3) is 20.4. The maximum Gasteiger partial charge on any atom is 0.303 e. The fraction of sp³-hybridized carbons (Fsp3) is 0.550. The predicted octanol–water partition coefficient (Wildman–Crippen LogP) is 5.19. The first-order valence-electron chi connectivity index (χ1n) is 8.71. The number of carboxylic acids is 1. The lowest BCUT2D eigenvalue weighted by Gasteiger charge is -1.92. The van der Waals surface area contributed by atoms with Crippen LogP contribution in [0.3, 0.4) is 0 Å². The largest absolute Gasteiger partial charge is 0.481 e. The molecule has 2 N–H and O–H groups in total. The van der Waals surface area contributed by atoms with Crippen LogP contribution in [-0.4, -0.2) is 22.8 Å². The molecule has 0 aliphatic heterocycles. The summed E-state index contributed by atoms with van der Waals surface area (Å²) in [5.41, 5.74) is 0. The topological polar surface area (TPSA) is 57.5 Å². The molecule has 0 rings (SSSR count). The monoisotopic (exact) mass is 320 g/mol. The van der Waals surface area contributed by atoms with E-state index in [4.69, 9.17) is 10.2 Å². The Morgan fingerprint density at radius 2 is 1.30 bits per heavy atom. The zero-order valence-corrected chi connectivity index (χ0v) is 14.2. The van der Waals surface area contributed by atoms with Gasteiger partial charge in [-0.15, -0.1) is 0 Å². The van der Waals surface area contributed by atoms with Crippen LogP contribution < -0.4 is 0 Å². The first-order valence-corrected chi connectivity index (χ1v) is 8.71. The van der Waals surface area contributed by atoms with Gasteiger partial charge in [0.15, 0.2) is 0 Å². The first kappa shape index (κ1) is 21.4. The number of aliphatic carboxylic acids is 1. The van der Waals surface area contributed by atoms with Crippen LogP contribution >= 0.6 is 0 Å². The Morgan fingerprint density at radius 1 is 0.696 bits per heavy atom. The van der Waals surface area contributed by atoms with Crippen molar-refractivity contribution < 1.29 is 15.0 Å². The lowest BCUT2D eigenvalue weighted by molar-refractivity contribution is -0.137. The average molecular weight is 320 g/mol. The molecule has 0 bridgehead atoms. The number of unbranched alkanes of at least 4 members (excludes halogenated alkanes) is 5. The molecule has 23 heavy (non-hydrogen) atoms. The molecule has 0 aromatic heterocycles. The second-order valence-corrected chi connectivity index (χ2v) is 5.47. The van der Waals surface area contributed by atoms with Crippen LogP contribution in [0.25, 0.3) is 0 Å². The molecule has 0 aromatic carbocycles. The van der Waals surface area contributed by atoms with Gasteiger partial charge in [-0.05, 0) is 51.4 Å². The normalized spacial score (nSPS) is 12.4. The van der Waals surface area contributed by atoms with Crippen LogP contribution in [0.4, 0.5) is 0 Å². The summed E-state index contributed by atoms with van der Waals surface area (Å²) < 4.78 is 0. The van der Waals surface area contributed by atoms with Crippen molar-refractivity contribution in [1.82, 2.24) is 0 Å². The van der Waals surface area contributed by atoms with Crippen molar-refractivity contribution in [2.75, 3.05) is 6.61 Å². The highest BCUT2D eigenvalue weighted by Gasteiger charge is 1.92. The van der Waals surface area contributed by atoms with Gasteiger partial charge in [0.1, 0.15) is 0 Å². The quantitative estimate of drug-likeness (QED) is 0.248. The third-order valence-electron chi connectivity index (χ3n) is 3.28. The number of hydrogen-bond donors (Lipinski definition) is 2. The van der Waals surface area contributed by atoms with Crippen molar-refractivity contribution in [2.24, 2.45) is 0 Å². The van der Waals surface area contributed by atoms with E-state index >= 15 is 0 Å². The van der Waals surface area contributed by atoms with E-state index in [1.54, 1.807) is 0 Å². The number of rotatable bonds is 15. The smallest absolute Gasteiger partial charge is 0.303 e. The van der Waals surface area contributed by atoms with Crippen LogP contribution in [0, 0.1) is 0 Å². The average Bonchev–Trinajstić information content (AvgIpc) is 2.53. The molecule has 3 nitrogen and oxygen atoms in total. The lowest BCUT2D eigenvalue weighted by Crippen LogP contribution is -1.92. The molecule has 0 aliphatic carbocycles. The van der Waals surface area contributed by atoms with E-state index in [0.29, 0.717) is 6.61 Å². The molecule has 0 unspecified atom stereocenters. The van der Waals surface area contributed by atoms with Crippen molar-refractivity contribution in [3.8, 4) is 0 Å². The SMILES string of the molecule is O=C(O)CCC/C=C\C/C=C\CC/C=C/C=C\CCCCCO. The summed E-state index contributed by atoms with van der Waals surface area (Å²) in [6, 6.07) is 0. The number of allylic oxidation sites excluding steroid dienone is 8. The van der Waals surface area contributed by atoms with E-state index in [1.165, 1.54) is 0 Å². The highest BCUT2D eigenvalue weighted by atomic mass is 16.4. The molecule has 0 saturated carbocycles. The van der Waals surface area contributed by atoms with E-state index in [-0.39, 0.29) is 6.42 Å². The number of aliphatic hydroxyl groups is 1. The minimum Gasteiger partial charge on any atom is -0.481 e. The number of aliphatic hydroxyl groups excluding tert-OH is 1. The summed E-state index contributed by atoms with van der Waals surface area (Å²) in [5, 5.41) is 17.1. The van der Waals surface area contributed by atoms with E-state index in [0.717, 1.165) is 57.8 Å². The van der Waals surface area contributed by atoms with Gasteiger partial charge in [0, 0.05) is 13.0 Å². The van der Waals surface area contributed by atoms with Crippen molar-refractivity contribution >= 4 is 5.97 Å². The summed E-state index contributed by atoms with van der Waals surface area (Å²) >= 11 is 0. The fourth-order valence-corrected chi connectivity index (χ4v) is 1.97. The molecule has 0 amide bonds. The van der Waals surface area contributed by atoms with E-state index in [9.17, 15) is 4.79 Å². The summed E-state index contributed by atoms with van der Waals surface area (Å²) in [5.74, 6) is -0.720. The molecule has 0 aliphatic rings. The van der Waals surface area contributed by atoms with Crippen molar-refractivity contribution in [2.45, 2.75) is 64.2 Å². The number of carbonyl (C=O) groups is 1. The van der Waals surface area contributed by atoms with Crippen LogP contribution in [0.15, 0.2) is 48.6 Å². The van der Waals surface area contributed by atoms with Crippen LogP contribution in [0.5, 0.6) is 0 Å². The number of hydrogen-bond acceptors (Lipinski definition) is 2. The minimum atomic E-state index is -0.720. The van der Waals surface area contributed by atoms with E-state index < -0.39 is 5.97 Å². The van der Waals surface area contributed by atoms with Crippen molar-refractivity contribution in [3.05, 3.63) is 48.6 Å². The van der Waals surface area contributed by atoms with Crippen LogP contribution in [0.1, 0.15) is 64.2 Å². The molecule has 0 atom stereocenters. The second kappa shape index (κ2) is 18.4. The molecule has 3 heteroatoms. The van der Waals surface area contributed by atoms with Gasteiger partial charge in [-0.3, -0.25) is 4.79 Å². The van der Waals surface area contributed by atoms with Gasteiger partial charge < -0.3 is 10.2 Å².